The fourth-order valence-electron chi connectivity index (χ4n) is 2.91. The van der Waals surface area contributed by atoms with Crippen LogP contribution in [0.5, 0.6) is 0 Å². The van der Waals surface area contributed by atoms with Crippen LogP contribution in [0.3, 0.4) is 0 Å². The molecule has 3 aromatic rings. The van der Waals surface area contributed by atoms with E-state index in [1.807, 2.05) is 18.2 Å². The fourth-order valence-corrected chi connectivity index (χ4v) is 3.29. The van der Waals surface area contributed by atoms with E-state index >= 15 is 0 Å². The Morgan fingerprint density at radius 2 is 1.72 bits per heavy atom. The van der Waals surface area contributed by atoms with Crippen molar-refractivity contribution in [3.8, 4) is 0 Å². The molecule has 0 atom stereocenters. The molecule has 0 saturated heterocycles. The first-order valence-electron chi connectivity index (χ1n) is 8.26. The Balaban J connectivity index is 1.68. The summed E-state index contributed by atoms with van der Waals surface area (Å²) >= 11 is 12.3. The molecule has 0 saturated carbocycles. The van der Waals surface area contributed by atoms with Crippen molar-refractivity contribution < 1.29 is 0 Å². The lowest BCUT2D eigenvalue weighted by molar-refractivity contribution is 0.653. The normalized spacial score (nSPS) is 11.0. The summed E-state index contributed by atoms with van der Waals surface area (Å²) in [6, 6.07) is 16.1. The van der Waals surface area contributed by atoms with Gasteiger partial charge in [-0.15, -0.1) is 0 Å². The van der Waals surface area contributed by atoms with Gasteiger partial charge in [0.2, 0.25) is 0 Å². The third-order valence-electron chi connectivity index (χ3n) is 4.36. The molecule has 0 radical (unpaired) electrons. The number of rotatable bonds is 6. The van der Waals surface area contributed by atoms with Gasteiger partial charge in [-0.05, 0) is 31.0 Å². The molecule has 3 nitrogen and oxygen atoms in total. The van der Waals surface area contributed by atoms with Gasteiger partial charge in [0.25, 0.3) is 0 Å². The summed E-state index contributed by atoms with van der Waals surface area (Å²) in [5.74, 6) is 0. The Bertz CT molecular complexity index is 857. The highest BCUT2D eigenvalue weighted by molar-refractivity contribution is 6.42. The number of hydrogen-bond donors (Lipinski definition) is 1. The average Bonchev–Trinajstić information content (AvgIpc) is 2.87. The molecule has 25 heavy (non-hydrogen) atoms. The van der Waals surface area contributed by atoms with Gasteiger partial charge in [-0.25, -0.2) is 0 Å². The van der Waals surface area contributed by atoms with Crippen LogP contribution in [-0.2, 0) is 19.6 Å². The molecule has 0 spiro atoms. The zero-order valence-corrected chi connectivity index (χ0v) is 15.9. The Hall–Kier alpha value is -1.81. The van der Waals surface area contributed by atoms with Crippen molar-refractivity contribution in [2.24, 2.45) is 0 Å². The number of aryl methyl sites for hydroxylation is 1. The minimum absolute atomic E-state index is 0.587. The second kappa shape index (κ2) is 8.05. The lowest BCUT2D eigenvalue weighted by Crippen LogP contribution is -2.14. The second-order valence-electron chi connectivity index (χ2n) is 6.11. The maximum atomic E-state index is 6.24. The van der Waals surface area contributed by atoms with Crippen LogP contribution in [0, 0.1) is 13.8 Å². The molecular weight excluding hydrogens is 353 g/mol. The quantitative estimate of drug-likeness (QED) is 0.647. The number of aromatic nitrogens is 2. The number of benzene rings is 2. The molecule has 0 amide bonds. The zero-order valence-electron chi connectivity index (χ0n) is 14.4. The largest absolute Gasteiger partial charge is 0.308 e. The first kappa shape index (κ1) is 18.0. The summed E-state index contributed by atoms with van der Waals surface area (Å²) in [7, 11) is 0. The molecule has 1 heterocycles. The van der Waals surface area contributed by atoms with Crippen LogP contribution in [0.15, 0.2) is 48.5 Å². The van der Waals surface area contributed by atoms with E-state index in [-0.39, 0.29) is 0 Å². The molecule has 2 aromatic carbocycles. The van der Waals surface area contributed by atoms with Crippen LogP contribution in [0.4, 0.5) is 0 Å². The first-order valence-corrected chi connectivity index (χ1v) is 9.02. The SMILES string of the molecule is Cc1nn(Cc2ccccc2)c(C)c1CNCc1cccc(Cl)c1Cl. The third-order valence-corrected chi connectivity index (χ3v) is 5.21. The van der Waals surface area contributed by atoms with E-state index in [9.17, 15) is 0 Å². The molecule has 0 unspecified atom stereocenters. The van der Waals surface area contributed by atoms with Crippen molar-refractivity contribution >= 4 is 23.2 Å². The minimum Gasteiger partial charge on any atom is -0.308 e. The third kappa shape index (κ3) is 4.24. The lowest BCUT2D eigenvalue weighted by atomic mass is 10.1. The van der Waals surface area contributed by atoms with Crippen LogP contribution >= 0.6 is 23.2 Å². The van der Waals surface area contributed by atoms with E-state index in [0.717, 1.165) is 24.3 Å². The van der Waals surface area contributed by atoms with Crippen LogP contribution in [0.1, 0.15) is 28.1 Å². The van der Waals surface area contributed by atoms with Crippen molar-refractivity contribution in [3.63, 3.8) is 0 Å². The molecule has 1 N–H and O–H groups in total. The van der Waals surface area contributed by atoms with Crippen LogP contribution < -0.4 is 5.32 Å². The first-order chi connectivity index (χ1) is 12.1. The highest BCUT2D eigenvalue weighted by Gasteiger charge is 2.12. The molecule has 0 fully saturated rings. The average molecular weight is 374 g/mol. The van der Waals surface area contributed by atoms with Gasteiger partial charge in [0.05, 0.1) is 22.3 Å². The summed E-state index contributed by atoms with van der Waals surface area (Å²) in [5.41, 5.74) is 5.72. The maximum absolute atomic E-state index is 6.24. The Labute approximate surface area is 158 Å². The van der Waals surface area contributed by atoms with Gasteiger partial charge in [-0.2, -0.15) is 5.10 Å². The van der Waals surface area contributed by atoms with Gasteiger partial charge < -0.3 is 5.32 Å². The summed E-state index contributed by atoms with van der Waals surface area (Å²) in [5, 5.41) is 9.34. The van der Waals surface area contributed by atoms with Crippen LogP contribution in [-0.4, -0.2) is 9.78 Å². The van der Waals surface area contributed by atoms with E-state index in [1.54, 1.807) is 6.07 Å². The van der Waals surface area contributed by atoms with E-state index in [1.165, 1.54) is 16.8 Å². The van der Waals surface area contributed by atoms with Crippen molar-refractivity contribution in [1.29, 1.82) is 0 Å². The predicted molar refractivity (Wildman–Crippen MR) is 104 cm³/mol. The number of nitrogens with zero attached hydrogens (tertiary/aromatic N) is 2. The smallest absolute Gasteiger partial charge is 0.0662 e. The summed E-state index contributed by atoms with van der Waals surface area (Å²) in [6.45, 7) is 6.37. The van der Waals surface area contributed by atoms with Gasteiger partial charge in [-0.3, -0.25) is 4.68 Å². The number of halogens is 2. The second-order valence-corrected chi connectivity index (χ2v) is 6.89. The molecular formula is C20H21Cl2N3. The topological polar surface area (TPSA) is 29.9 Å². The van der Waals surface area contributed by atoms with Crippen molar-refractivity contribution in [1.82, 2.24) is 15.1 Å². The van der Waals surface area contributed by atoms with E-state index in [0.29, 0.717) is 16.6 Å². The Kier molecular flexibility index (Phi) is 5.79. The lowest BCUT2D eigenvalue weighted by Gasteiger charge is -2.09. The highest BCUT2D eigenvalue weighted by atomic mass is 35.5. The van der Waals surface area contributed by atoms with Gasteiger partial charge in [0, 0.05) is 24.3 Å². The molecule has 0 aliphatic carbocycles. The van der Waals surface area contributed by atoms with Crippen LogP contribution in [0.2, 0.25) is 10.0 Å². The maximum Gasteiger partial charge on any atom is 0.0662 e. The Morgan fingerprint density at radius 1 is 0.960 bits per heavy atom. The molecule has 0 aliphatic rings. The summed E-state index contributed by atoms with van der Waals surface area (Å²) < 4.78 is 2.06. The van der Waals surface area contributed by atoms with E-state index in [2.05, 4.69) is 48.1 Å². The Morgan fingerprint density at radius 3 is 2.48 bits per heavy atom. The summed E-state index contributed by atoms with van der Waals surface area (Å²) in [4.78, 5) is 0. The standard InChI is InChI=1S/C20H21Cl2N3/c1-14-18(12-23-11-17-9-6-10-19(21)20(17)22)15(2)25(24-14)13-16-7-4-3-5-8-16/h3-10,23H,11-13H2,1-2H3. The van der Waals surface area contributed by atoms with E-state index < -0.39 is 0 Å². The summed E-state index contributed by atoms with van der Waals surface area (Å²) in [6.07, 6.45) is 0. The van der Waals surface area contributed by atoms with Gasteiger partial charge >= 0.3 is 0 Å². The molecule has 0 aliphatic heterocycles. The molecule has 0 bridgehead atoms. The number of hydrogen-bond acceptors (Lipinski definition) is 2. The molecule has 5 heteroatoms. The van der Waals surface area contributed by atoms with Crippen molar-refractivity contribution in [2.45, 2.75) is 33.5 Å². The van der Waals surface area contributed by atoms with Crippen molar-refractivity contribution in [3.05, 3.63) is 86.7 Å². The van der Waals surface area contributed by atoms with Gasteiger partial charge in [0.1, 0.15) is 0 Å². The minimum atomic E-state index is 0.587. The highest BCUT2D eigenvalue weighted by Crippen LogP contribution is 2.25. The zero-order chi connectivity index (χ0) is 17.8. The molecule has 1 aromatic heterocycles. The van der Waals surface area contributed by atoms with E-state index in [4.69, 9.17) is 28.3 Å². The number of nitrogens with one attached hydrogen (secondary N) is 1. The van der Waals surface area contributed by atoms with Crippen molar-refractivity contribution in [2.75, 3.05) is 0 Å². The predicted octanol–water partition coefficient (Wildman–Crippen LogP) is 5.14. The molecule has 130 valence electrons. The molecule has 3 rings (SSSR count). The fraction of sp³-hybridized carbons (Fsp3) is 0.250. The van der Waals surface area contributed by atoms with Gasteiger partial charge in [0.15, 0.2) is 0 Å². The monoisotopic (exact) mass is 373 g/mol. The van der Waals surface area contributed by atoms with Gasteiger partial charge in [-0.1, -0.05) is 65.7 Å². The van der Waals surface area contributed by atoms with Crippen LogP contribution in [0.25, 0.3) is 0 Å².